The van der Waals surface area contributed by atoms with Gasteiger partial charge in [-0.1, -0.05) is 18.2 Å². The Hall–Kier alpha value is -1.62. The fourth-order valence-electron chi connectivity index (χ4n) is 0.691. The van der Waals surface area contributed by atoms with Gasteiger partial charge in [0.2, 0.25) is 5.84 Å². The molecule has 0 saturated carbocycles. The highest BCUT2D eigenvalue weighted by Crippen LogP contribution is 1.95. The summed E-state index contributed by atoms with van der Waals surface area (Å²) in [4.78, 5) is 0. The number of hydrazine groups is 1. The molecule has 0 atom stereocenters. The molecule has 5 heteroatoms. The van der Waals surface area contributed by atoms with E-state index in [2.05, 4.69) is 18.4 Å². The van der Waals surface area contributed by atoms with Crippen LogP contribution in [0, 0.1) is 0 Å². The maximum Gasteiger partial charge on any atom is 0.216 e. The molecular weight excluding hydrogens is 178 g/mol. The molecule has 4 N–H and O–H groups in total. The Morgan fingerprint density at radius 3 is 2.57 bits per heavy atom. The quantitative estimate of drug-likeness (QED) is 0.222. The molecule has 0 aromatic carbocycles. The maximum atomic E-state index is 5.67. The summed E-state index contributed by atoms with van der Waals surface area (Å²) in [6.45, 7) is 9.07. The minimum Gasteiger partial charge on any atom is -0.402 e. The van der Waals surface area contributed by atoms with Gasteiger partial charge in [-0.25, -0.2) is 5.84 Å². The van der Waals surface area contributed by atoms with Gasteiger partial charge in [0.15, 0.2) is 13.8 Å². The minimum absolute atomic E-state index is 0.497. The van der Waals surface area contributed by atoms with Crippen LogP contribution in [0.25, 0.3) is 0 Å². The molecule has 0 amide bonds. The highest BCUT2D eigenvalue weighted by molar-refractivity contribution is 5.93. The zero-order valence-electron chi connectivity index (χ0n) is 8.77. The first-order valence-corrected chi connectivity index (χ1v) is 4.26. The van der Waals surface area contributed by atoms with Gasteiger partial charge in [0.1, 0.15) is 0 Å². The summed E-state index contributed by atoms with van der Waals surface area (Å²) in [5.41, 5.74) is 6.36. The van der Waals surface area contributed by atoms with Gasteiger partial charge in [0.05, 0.1) is 0 Å². The molecule has 0 rings (SSSR count). The fraction of sp³-hybridized carbons (Fsp3) is 0.333. The molecule has 0 aliphatic rings. The van der Waals surface area contributed by atoms with Crippen molar-refractivity contribution in [3.63, 3.8) is 0 Å². The lowest BCUT2D eigenvalue weighted by Gasteiger charge is -2.10. The maximum absolute atomic E-state index is 5.67. The molecule has 0 fully saturated rings. The molecule has 78 valence electrons. The predicted molar refractivity (Wildman–Crippen MR) is 59.5 cm³/mol. The summed E-state index contributed by atoms with van der Waals surface area (Å²) in [5, 5.41) is 5.33. The second-order valence-electron chi connectivity index (χ2n) is 2.78. The molecule has 0 aromatic rings. The monoisotopic (exact) mass is 196 g/mol. The number of amidine groups is 1. The Labute approximate surface area is 84.7 Å². The molecule has 0 saturated heterocycles. The Morgan fingerprint density at radius 2 is 2.21 bits per heavy atom. The molecule has 0 radical (unpaired) electrons. The fourth-order valence-corrected chi connectivity index (χ4v) is 0.691. The van der Waals surface area contributed by atoms with Crippen molar-refractivity contribution in [2.45, 2.75) is 13.3 Å². The van der Waals surface area contributed by atoms with Crippen LogP contribution in [-0.2, 0) is 0 Å². The van der Waals surface area contributed by atoms with Gasteiger partial charge in [0, 0.05) is 23.1 Å². The molecule has 5 nitrogen and oxygen atoms in total. The summed E-state index contributed by atoms with van der Waals surface area (Å²) < 4.78 is 1.40. The SMILES string of the molecule is C=CN(N)C(/C=C(\N)CC)=N\[N+](=C)C. The third kappa shape index (κ3) is 4.42. The van der Waals surface area contributed by atoms with Crippen LogP contribution in [0.2, 0.25) is 0 Å². The van der Waals surface area contributed by atoms with Crippen molar-refractivity contribution < 1.29 is 4.68 Å². The standard InChI is InChI=1S/C9H18N5/c1-5-8(10)7-9(12-13(3)4)14(11)6-2/h6-7H,2-3,5,10-11H2,1,4H3/q+1/b8-7-,12-9-. The van der Waals surface area contributed by atoms with Gasteiger partial charge in [-0.2, -0.15) is 0 Å². The van der Waals surface area contributed by atoms with Gasteiger partial charge in [-0.15, -0.1) is 0 Å². The summed E-state index contributed by atoms with van der Waals surface area (Å²) >= 11 is 0. The highest BCUT2D eigenvalue weighted by Gasteiger charge is 2.04. The Balaban J connectivity index is 4.92. The van der Waals surface area contributed by atoms with Crippen LogP contribution in [0.3, 0.4) is 0 Å². The van der Waals surface area contributed by atoms with E-state index in [1.54, 1.807) is 13.1 Å². The van der Waals surface area contributed by atoms with Crippen molar-refractivity contribution in [2.24, 2.45) is 16.7 Å². The third-order valence-corrected chi connectivity index (χ3v) is 1.46. The number of allylic oxidation sites excluding steroid dienone is 1. The van der Waals surface area contributed by atoms with Crippen molar-refractivity contribution in [2.75, 3.05) is 7.05 Å². The molecule has 0 aliphatic heterocycles. The van der Waals surface area contributed by atoms with Gasteiger partial charge in [0.25, 0.3) is 0 Å². The van der Waals surface area contributed by atoms with E-state index < -0.39 is 0 Å². The zero-order chi connectivity index (χ0) is 11.1. The van der Waals surface area contributed by atoms with Crippen LogP contribution >= 0.6 is 0 Å². The topological polar surface area (TPSA) is 70.7 Å². The largest absolute Gasteiger partial charge is 0.402 e. The first-order chi connectivity index (χ1) is 6.51. The Kier molecular flexibility index (Phi) is 5.24. The van der Waals surface area contributed by atoms with Gasteiger partial charge >= 0.3 is 0 Å². The van der Waals surface area contributed by atoms with Crippen molar-refractivity contribution in [3.05, 3.63) is 24.6 Å². The van der Waals surface area contributed by atoms with Crippen LogP contribution in [0.15, 0.2) is 29.7 Å². The lowest BCUT2D eigenvalue weighted by molar-refractivity contribution is -0.493. The minimum atomic E-state index is 0.497. The van der Waals surface area contributed by atoms with Crippen molar-refractivity contribution in [3.8, 4) is 0 Å². The second kappa shape index (κ2) is 5.93. The van der Waals surface area contributed by atoms with E-state index in [0.717, 1.165) is 6.42 Å². The van der Waals surface area contributed by atoms with Crippen LogP contribution in [-0.4, -0.2) is 29.3 Å². The normalized spacial score (nSPS) is 12.5. The van der Waals surface area contributed by atoms with Crippen molar-refractivity contribution in [1.29, 1.82) is 0 Å². The van der Waals surface area contributed by atoms with Gasteiger partial charge in [-0.3, -0.25) is 5.01 Å². The Bertz CT molecular complexity index is 277. The molecule has 0 heterocycles. The van der Waals surface area contributed by atoms with E-state index in [1.165, 1.54) is 15.9 Å². The molecule has 0 bridgehead atoms. The number of rotatable bonds is 4. The average molecular weight is 196 g/mol. The van der Waals surface area contributed by atoms with E-state index in [0.29, 0.717) is 11.5 Å². The summed E-state index contributed by atoms with van der Waals surface area (Å²) in [6.07, 6.45) is 3.87. The third-order valence-electron chi connectivity index (χ3n) is 1.46. The average Bonchev–Trinajstić information content (AvgIpc) is 2.14. The second-order valence-corrected chi connectivity index (χ2v) is 2.78. The van der Waals surface area contributed by atoms with Crippen LogP contribution in [0.1, 0.15) is 13.3 Å². The van der Waals surface area contributed by atoms with E-state index in [-0.39, 0.29) is 0 Å². The Morgan fingerprint density at radius 1 is 1.64 bits per heavy atom. The molecule has 0 aliphatic carbocycles. The van der Waals surface area contributed by atoms with Gasteiger partial charge in [-0.05, 0) is 6.42 Å². The summed E-state index contributed by atoms with van der Waals surface area (Å²) in [5.74, 6) is 6.10. The molecule has 14 heavy (non-hydrogen) atoms. The van der Waals surface area contributed by atoms with Crippen molar-refractivity contribution in [1.82, 2.24) is 5.01 Å². The van der Waals surface area contributed by atoms with Crippen LogP contribution < -0.4 is 11.6 Å². The van der Waals surface area contributed by atoms with E-state index in [9.17, 15) is 0 Å². The summed E-state index contributed by atoms with van der Waals surface area (Å²) in [7, 11) is 1.70. The number of hydrogen-bond donors (Lipinski definition) is 2. The number of hydrogen-bond acceptors (Lipinski definition) is 3. The van der Waals surface area contributed by atoms with E-state index >= 15 is 0 Å². The molecular formula is C9H18N5+. The van der Waals surface area contributed by atoms with E-state index in [4.69, 9.17) is 11.6 Å². The van der Waals surface area contributed by atoms with Gasteiger partial charge < -0.3 is 5.73 Å². The molecule has 0 spiro atoms. The smallest absolute Gasteiger partial charge is 0.216 e. The lowest BCUT2D eigenvalue weighted by Crippen LogP contribution is -2.32. The van der Waals surface area contributed by atoms with E-state index in [1.807, 2.05) is 6.92 Å². The highest BCUT2D eigenvalue weighted by atomic mass is 15.5. The summed E-state index contributed by atoms with van der Waals surface area (Å²) in [6, 6.07) is 0. The predicted octanol–water partition coefficient (Wildman–Crippen LogP) is 0.215. The molecule has 0 unspecified atom stereocenters. The number of nitrogens with two attached hydrogens (primary N) is 2. The van der Waals surface area contributed by atoms with Crippen molar-refractivity contribution >= 4 is 12.6 Å². The van der Waals surface area contributed by atoms with Crippen LogP contribution in [0.4, 0.5) is 0 Å². The number of nitrogens with zero attached hydrogens (tertiary/aromatic N) is 3. The molecule has 0 aromatic heterocycles. The zero-order valence-corrected chi connectivity index (χ0v) is 8.77. The van der Waals surface area contributed by atoms with Crippen LogP contribution in [0.5, 0.6) is 0 Å². The first-order valence-electron chi connectivity index (χ1n) is 4.26. The lowest BCUT2D eigenvalue weighted by atomic mass is 10.3. The first kappa shape index (κ1) is 12.4. The number of hydrazone groups is 1.